The van der Waals surface area contributed by atoms with Gasteiger partial charge in [0.25, 0.3) is 0 Å². The van der Waals surface area contributed by atoms with E-state index in [2.05, 4.69) is 20.8 Å². The zero-order valence-electron chi connectivity index (χ0n) is 4.08. The molecule has 0 nitrogen and oxygen atoms in total. The molecule has 0 aromatic heterocycles. The fraction of sp³-hybridized carbons (Fsp3) is 0.750. The first kappa shape index (κ1) is 9.30. The van der Waals surface area contributed by atoms with Gasteiger partial charge < -0.3 is 5.92 Å². The van der Waals surface area contributed by atoms with Gasteiger partial charge in [-0.2, -0.15) is 20.8 Å². The third-order valence-corrected chi connectivity index (χ3v) is 0. The van der Waals surface area contributed by atoms with Gasteiger partial charge in [0.15, 0.2) is 0 Å². The maximum absolute atomic E-state index is 2.08. The Bertz CT molecular complexity index is 8.36. The minimum atomic E-state index is 0. The summed E-state index contributed by atoms with van der Waals surface area (Å²) in [6, 6.07) is 0. The van der Waals surface area contributed by atoms with Crippen molar-refractivity contribution < 1.29 is 25.8 Å². The largest absolute Gasteiger partial charge is 0.323 e. The van der Waals surface area contributed by atoms with E-state index in [9.17, 15) is 0 Å². The van der Waals surface area contributed by atoms with Crippen LogP contribution in [0.2, 0.25) is 0 Å². The summed E-state index contributed by atoms with van der Waals surface area (Å²) in [7, 11) is 0. The number of rotatable bonds is 0. The van der Waals surface area contributed by atoms with Crippen molar-refractivity contribution in [1.29, 1.82) is 0 Å². The molecule has 0 rings (SSSR count). The number of hydrogen-bond donors (Lipinski definition) is 0. The summed E-state index contributed by atoms with van der Waals surface area (Å²) < 4.78 is 0. The minimum absolute atomic E-state index is 0. The van der Waals surface area contributed by atoms with E-state index in [1.165, 1.54) is 5.92 Å². The van der Waals surface area contributed by atoms with E-state index in [0.717, 1.165) is 0 Å². The predicted octanol–water partition coefficient (Wildman–Crippen LogP) is 1.62. The molecule has 0 N–H and O–H groups in total. The van der Waals surface area contributed by atoms with Crippen LogP contribution in [0.4, 0.5) is 0 Å². The molecular weight excluding hydrogens is 93.0 g/mol. The predicted molar refractivity (Wildman–Crippen MR) is 20.3 cm³/mol. The molecule has 0 aromatic carbocycles. The van der Waals surface area contributed by atoms with Crippen LogP contribution in [0.5, 0.6) is 0 Å². The van der Waals surface area contributed by atoms with Gasteiger partial charge in [-0.3, -0.25) is 0 Å². The molecule has 0 fully saturated rings. The van der Waals surface area contributed by atoms with Crippen LogP contribution in [0.1, 0.15) is 20.8 Å². The van der Waals surface area contributed by atoms with E-state index in [0.29, 0.717) is 0 Å². The molecule has 1 heteroatoms. The van der Waals surface area contributed by atoms with Crippen molar-refractivity contribution in [2.75, 3.05) is 0 Å². The van der Waals surface area contributed by atoms with Crippen molar-refractivity contribution in [2.45, 2.75) is 20.8 Å². The van der Waals surface area contributed by atoms with E-state index >= 15 is 0 Å². The summed E-state index contributed by atoms with van der Waals surface area (Å²) in [5.41, 5.74) is 0. The van der Waals surface area contributed by atoms with Crippen LogP contribution < -0.4 is 0 Å². The first-order valence-electron chi connectivity index (χ1n) is 1.50. The van der Waals surface area contributed by atoms with Crippen LogP contribution in [-0.4, -0.2) is 0 Å². The Labute approximate surface area is 52.7 Å². The average Bonchev–Trinajstić information content (AvgIpc) is 0.811. The van der Waals surface area contributed by atoms with Gasteiger partial charge in [-0.1, -0.05) is 0 Å². The second-order valence-electron chi connectivity index (χ2n) is 1.50. The summed E-state index contributed by atoms with van der Waals surface area (Å²) in [5.74, 6) is 1.42. The van der Waals surface area contributed by atoms with Crippen LogP contribution in [0.15, 0.2) is 0 Å². The smallest absolute Gasteiger partial charge is 0 e. The first-order chi connectivity index (χ1) is 1.73. The Hall–Kier alpha value is 0.870. The zero-order chi connectivity index (χ0) is 3.58. The summed E-state index contributed by atoms with van der Waals surface area (Å²) in [4.78, 5) is 0. The standard InChI is InChI=1S/C4H9.Sc/c1-4(2)3;/h1-3H3;/q-1;. The molecule has 0 saturated heterocycles. The molecular formula is C4H9Sc-. The van der Waals surface area contributed by atoms with Crippen molar-refractivity contribution in [3.63, 3.8) is 0 Å². The first-order valence-corrected chi connectivity index (χ1v) is 1.50. The maximum Gasteiger partial charge on any atom is 0 e. The van der Waals surface area contributed by atoms with Gasteiger partial charge in [0.1, 0.15) is 0 Å². The van der Waals surface area contributed by atoms with E-state index in [1.807, 2.05) is 0 Å². The molecule has 0 spiro atoms. The summed E-state index contributed by atoms with van der Waals surface area (Å²) in [6.45, 7) is 6.25. The van der Waals surface area contributed by atoms with Crippen molar-refractivity contribution in [1.82, 2.24) is 0 Å². The van der Waals surface area contributed by atoms with Crippen molar-refractivity contribution in [2.24, 2.45) is 0 Å². The van der Waals surface area contributed by atoms with Gasteiger partial charge in [0, 0.05) is 25.8 Å². The molecule has 0 bridgehead atoms. The van der Waals surface area contributed by atoms with Gasteiger partial charge in [-0.25, -0.2) is 0 Å². The zero-order valence-corrected chi connectivity index (χ0v) is 5.88. The molecule has 0 aliphatic rings. The summed E-state index contributed by atoms with van der Waals surface area (Å²) in [5, 5.41) is 0. The van der Waals surface area contributed by atoms with Crippen LogP contribution in [0, 0.1) is 5.92 Å². The Morgan fingerprint density at radius 3 is 1.00 bits per heavy atom. The van der Waals surface area contributed by atoms with E-state index in [1.54, 1.807) is 0 Å². The Morgan fingerprint density at radius 2 is 1.00 bits per heavy atom. The Kier molecular flexibility index (Phi) is 9.05. The molecule has 0 aliphatic heterocycles. The second kappa shape index (κ2) is 4.87. The minimum Gasteiger partial charge on any atom is -0.323 e. The van der Waals surface area contributed by atoms with E-state index in [4.69, 9.17) is 0 Å². The molecule has 29 valence electrons. The van der Waals surface area contributed by atoms with Crippen LogP contribution >= 0.6 is 0 Å². The third kappa shape index (κ3) is 53.0. The van der Waals surface area contributed by atoms with Gasteiger partial charge in [0.2, 0.25) is 0 Å². The molecule has 0 aliphatic carbocycles. The molecule has 0 aromatic rings. The molecule has 0 atom stereocenters. The molecule has 0 unspecified atom stereocenters. The molecule has 5 heavy (non-hydrogen) atoms. The van der Waals surface area contributed by atoms with Gasteiger partial charge in [-0.05, 0) is 0 Å². The molecule has 1 radical (unpaired) electrons. The van der Waals surface area contributed by atoms with Crippen molar-refractivity contribution in [3.8, 4) is 0 Å². The average molecular weight is 102 g/mol. The maximum atomic E-state index is 2.08. The van der Waals surface area contributed by atoms with Crippen LogP contribution in [0.25, 0.3) is 0 Å². The summed E-state index contributed by atoms with van der Waals surface area (Å²) >= 11 is 0. The Morgan fingerprint density at radius 1 is 1.00 bits per heavy atom. The monoisotopic (exact) mass is 102 g/mol. The summed E-state index contributed by atoms with van der Waals surface area (Å²) in [6.07, 6.45) is 0. The third-order valence-electron chi connectivity index (χ3n) is 0. The van der Waals surface area contributed by atoms with Gasteiger partial charge in [-0.15, -0.1) is 0 Å². The topological polar surface area (TPSA) is 0 Å². The van der Waals surface area contributed by atoms with Crippen LogP contribution in [0.3, 0.4) is 0 Å². The van der Waals surface area contributed by atoms with Gasteiger partial charge >= 0.3 is 0 Å². The van der Waals surface area contributed by atoms with E-state index < -0.39 is 0 Å². The SMILES string of the molecule is C[C-](C)C.[Sc]. The molecule has 0 amide bonds. The second-order valence-corrected chi connectivity index (χ2v) is 1.50. The fourth-order valence-electron chi connectivity index (χ4n) is 0. The fourth-order valence-corrected chi connectivity index (χ4v) is 0. The molecule has 0 heterocycles. The molecule has 0 saturated carbocycles. The Balaban J connectivity index is 0. The normalized spacial score (nSPS) is 7.20. The quantitative estimate of drug-likeness (QED) is 0.407. The van der Waals surface area contributed by atoms with E-state index in [-0.39, 0.29) is 25.8 Å². The van der Waals surface area contributed by atoms with Crippen LogP contribution in [-0.2, 0) is 25.8 Å². The van der Waals surface area contributed by atoms with Crippen molar-refractivity contribution in [3.05, 3.63) is 5.92 Å². The van der Waals surface area contributed by atoms with Crippen molar-refractivity contribution >= 4 is 0 Å². The van der Waals surface area contributed by atoms with Gasteiger partial charge in [0.05, 0.1) is 0 Å². The number of hydrogen-bond acceptors (Lipinski definition) is 0.